The Labute approximate surface area is 89.7 Å². The summed E-state index contributed by atoms with van der Waals surface area (Å²) < 4.78 is 0. The van der Waals surface area contributed by atoms with Crippen molar-refractivity contribution in [1.29, 1.82) is 0 Å². The molecule has 1 N–H and O–H groups in total. The van der Waals surface area contributed by atoms with E-state index < -0.39 is 0 Å². The van der Waals surface area contributed by atoms with E-state index in [1.54, 1.807) is 0 Å². The van der Waals surface area contributed by atoms with Gasteiger partial charge in [-0.3, -0.25) is 0 Å². The minimum absolute atomic E-state index is 0.403. The van der Waals surface area contributed by atoms with Gasteiger partial charge in [0.15, 0.2) is 0 Å². The van der Waals surface area contributed by atoms with Crippen molar-refractivity contribution in [3.63, 3.8) is 0 Å². The van der Waals surface area contributed by atoms with Gasteiger partial charge >= 0.3 is 0 Å². The molecule has 1 fully saturated rings. The van der Waals surface area contributed by atoms with E-state index >= 15 is 0 Å². The fraction of sp³-hybridized carbons (Fsp3) is 1.00. The molecule has 1 aliphatic rings. The molecule has 0 aromatic rings. The lowest BCUT2D eigenvalue weighted by Crippen LogP contribution is -2.39. The van der Waals surface area contributed by atoms with E-state index in [0.717, 1.165) is 5.92 Å². The van der Waals surface area contributed by atoms with Gasteiger partial charge in [0.05, 0.1) is 0 Å². The van der Waals surface area contributed by atoms with Gasteiger partial charge in [-0.05, 0) is 51.0 Å². The standard InChI is InChI=1S/C13H27N/c1-12(2,3)11-7-6-9-13(4,14-5)10-8-11/h11,14H,6-10H2,1-5H3. The molecule has 1 heteroatoms. The van der Waals surface area contributed by atoms with Gasteiger partial charge in [-0.2, -0.15) is 0 Å². The minimum Gasteiger partial charge on any atom is -0.315 e. The summed E-state index contributed by atoms with van der Waals surface area (Å²) in [6, 6.07) is 0. The van der Waals surface area contributed by atoms with Crippen molar-refractivity contribution in [3.05, 3.63) is 0 Å². The molecule has 0 aliphatic heterocycles. The average Bonchev–Trinajstić information content (AvgIpc) is 2.27. The SMILES string of the molecule is CNC1(C)CCCC(C(C)(C)C)CC1. The fourth-order valence-corrected chi connectivity index (χ4v) is 2.62. The third-order valence-corrected chi connectivity index (χ3v) is 4.15. The van der Waals surface area contributed by atoms with Crippen LogP contribution in [-0.2, 0) is 0 Å². The van der Waals surface area contributed by atoms with E-state index in [4.69, 9.17) is 0 Å². The van der Waals surface area contributed by atoms with Crippen molar-refractivity contribution in [2.75, 3.05) is 7.05 Å². The van der Waals surface area contributed by atoms with Gasteiger partial charge in [-0.25, -0.2) is 0 Å². The van der Waals surface area contributed by atoms with Gasteiger partial charge in [0, 0.05) is 5.54 Å². The highest BCUT2D eigenvalue weighted by Gasteiger charge is 2.31. The summed E-state index contributed by atoms with van der Waals surface area (Å²) in [6.45, 7) is 9.54. The molecule has 2 unspecified atom stereocenters. The predicted octanol–water partition coefficient (Wildman–Crippen LogP) is 3.59. The van der Waals surface area contributed by atoms with Gasteiger partial charge < -0.3 is 5.32 Å². The molecule has 0 aromatic heterocycles. The smallest absolute Gasteiger partial charge is 0.0150 e. The second-order valence-corrected chi connectivity index (χ2v) is 6.30. The van der Waals surface area contributed by atoms with Crippen LogP contribution in [-0.4, -0.2) is 12.6 Å². The highest BCUT2D eigenvalue weighted by molar-refractivity contribution is 4.88. The second-order valence-electron chi connectivity index (χ2n) is 6.30. The first-order chi connectivity index (χ1) is 6.37. The minimum atomic E-state index is 0.403. The topological polar surface area (TPSA) is 12.0 Å². The van der Waals surface area contributed by atoms with Crippen molar-refractivity contribution in [2.24, 2.45) is 11.3 Å². The fourth-order valence-electron chi connectivity index (χ4n) is 2.62. The third-order valence-electron chi connectivity index (χ3n) is 4.15. The van der Waals surface area contributed by atoms with Crippen molar-refractivity contribution in [2.45, 2.75) is 65.3 Å². The lowest BCUT2D eigenvalue weighted by atomic mass is 9.76. The molecule has 0 amide bonds. The monoisotopic (exact) mass is 197 g/mol. The zero-order valence-corrected chi connectivity index (χ0v) is 10.6. The Morgan fingerprint density at radius 3 is 2.29 bits per heavy atom. The van der Waals surface area contributed by atoms with Gasteiger partial charge in [0.1, 0.15) is 0 Å². The Morgan fingerprint density at radius 2 is 1.79 bits per heavy atom. The van der Waals surface area contributed by atoms with Crippen LogP contribution in [0.3, 0.4) is 0 Å². The molecule has 0 spiro atoms. The predicted molar refractivity (Wildman–Crippen MR) is 63.5 cm³/mol. The first-order valence-electron chi connectivity index (χ1n) is 6.06. The summed E-state index contributed by atoms with van der Waals surface area (Å²) in [6.07, 6.45) is 6.88. The van der Waals surface area contributed by atoms with E-state index in [9.17, 15) is 0 Å². The van der Waals surface area contributed by atoms with Crippen LogP contribution in [0.4, 0.5) is 0 Å². The van der Waals surface area contributed by atoms with Crippen LogP contribution in [0.1, 0.15) is 59.8 Å². The van der Waals surface area contributed by atoms with Crippen molar-refractivity contribution in [3.8, 4) is 0 Å². The normalized spacial score (nSPS) is 35.4. The number of nitrogens with one attached hydrogen (secondary N) is 1. The highest BCUT2D eigenvalue weighted by atomic mass is 14.9. The van der Waals surface area contributed by atoms with Crippen LogP contribution in [0.15, 0.2) is 0 Å². The first-order valence-corrected chi connectivity index (χ1v) is 6.06. The Bertz CT molecular complexity index is 180. The van der Waals surface area contributed by atoms with E-state index in [-0.39, 0.29) is 0 Å². The maximum atomic E-state index is 3.49. The van der Waals surface area contributed by atoms with E-state index in [1.165, 1.54) is 32.1 Å². The summed E-state index contributed by atoms with van der Waals surface area (Å²) in [5, 5.41) is 3.49. The second kappa shape index (κ2) is 4.22. The highest BCUT2D eigenvalue weighted by Crippen LogP contribution is 2.39. The molecule has 0 saturated heterocycles. The number of rotatable bonds is 1. The Hall–Kier alpha value is -0.0400. The first kappa shape index (κ1) is 12.0. The molecule has 0 radical (unpaired) electrons. The summed E-state index contributed by atoms with van der Waals surface area (Å²) in [5.74, 6) is 0.915. The maximum Gasteiger partial charge on any atom is 0.0150 e. The summed E-state index contributed by atoms with van der Waals surface area (Å²) in [7, 11) is 2.11. The van der Waals surface area contributed by atoms with Gasteiger partial charge in [0.2, 0.25) is 0 Å². The van der Waals surface area contributed by atoms with Crippen molar-refractivity contribution >= 4 is 0 Å². The van der Waals surface area contributed by atoms with Gasteiger partial charge in [-0.1, -0.05) is 27.2 Å². The molecule has 14 heavy (non-hydrogen) atoms. The summed E-state index contributed by atoms with van der Waals surface area (Å²) in [4.78, 5) is 0. The molecule has 84 valence electrons. The molecular weight excluding hydrogens is 170 g/mol. The van der Waals surface area contributed by atoms with E-state index in [0.29, 0.717) is 11.0 Å². The van der Waals surface area contributed by atoms with Crippen LogP contribution in [0.25, 0.3) is 0 Å². The Morgan fingerprint density at radius 1 is 1.14 bits per heavy atom. The molecule has 1 aliphatic carbocycles. The molecule has 0 aromatic carbocycles. The zero-order valence-electron chi connectivity index (χ0n) is 10.6. The van der Waals surface area contributed by atoms with Gasteiger partial charge in [-0.15, -0.1) is 0 Å². The molecule has 1 nitrogen and oxygen atoms in total. The van der Waals surface area contributed by atoms with Crippen LogP contribution in [0.5, 0.6) is 0 Å². The third kappa shape index (κ3) is 2.98. The Balaban J connectivity index is 2.57. The van der Waals surface area contributed by atoms with Crippen LogP contribution >= 0.6 is 0 Å². The number of hydrogen-bond donors (Lipinski definition) is 1. The zero-order chi connectivity index (χ0) is 10.8. The van der Waals surface area contributed by atoms with Crippen molar-refractivity contribution < 1.29 is 0 Å². The lowest BCUT2D eigenvalue weighted by molar-refractivity contribution is 0.209. The van der Waals surface area contributed by atoms with E-state index in [1.807, 2.05) is 0 Å². The Kier molecular flexibility index (Phi) is 3.63. The molecule has 1 rings (SSSR count). The molecule has 2 atom stereocenters. The summed E-state index contributed by atoms with van der Waals surface area (Å²) >= 11 is 0. The lowest BCUT2D eigenvalue weighted by Gasteiger charge is -2.31. The van der Waals surface area contributed by atoms with Crippen LogP contribution in [0.2, 0.25) is 0 Å². The number of hydrogen-bond acceptors (Lipinski definition) is 1. The summed E-state index contributed by atoms with van der Waals surface area (Å²) in [5.41, 5.74) is 0.902. The molecule has 0 bridgehead atoms. The van der Waals surface area contributed by atoms with Crippen LogP contribution < -0.4 is 5.32 Å². The largest absolute Gasteiger partial charge is 0.315 e. The van der Waals surface area contributed by atoms with Gasteiger partial charge in [0.25, 0.3) is 0 Å². The van der Waals surface area contributed by atoms with Crippen molar-refractivity contribution in [1.82, 2.24) is 5.32 Å². The molecule has 1 saturated carbocycles. The molecule has 0 heterocycles. The average molecular weight is 197 g/mol. The quantitative estimate of drug-likeness (QED) is 0.633. The van der Waals surface area contributed by atoms with Crippen LogP contribution in [0, 0.1) is 11.3 Å². The maximum absolute atomic E-state index is 3.49. The molecular formula is C13H27N. The van der Waals surface area contributed by atoms with E-state index in [2.05, 4.69) is 40.1 Å².